The average molecular weight is 644 g/mol. The van der Waals surface area contributed by atoms with Crippen LogP contribution in [0.2, 0.25) is 0 Å². The van der Waals surface area contributed by atoms with Gasteiger partial charge in [0.2, 0.25) is 5.91 Å². The molecule has 0 spiro atoms. The zero-order valence-electron chi connectivity index (χ0n) is 28.9. The van der Waals surface area contributed by atoms with E-state index in [0.717, 1.165) is 64.2 Å². The van der Waals surface area contributed by atoms with Gasteiger partial charge >= 0.3 is 7.82 Å². The maximum atomic E-state index is 12.7. The minimum atomic E-state index is -4.32. The van der Waals surface area contributed by atoms with Crippen molar-refractivity contribution in [3.05, 3.63) is 36.5 Å². The van der Waals surface area contributed by atoms with Gasteiger partial charge < -0.3 is 19.8 Å². The molecule has 0 heterocycles. The van der Waals surface area contributed by atoms with Crippen LogP contribution in [0.3, 0.4) is 0 Å². The third kappa shape index (κ3) is 29.4. The molecule has 3 atom stereocenters. The van der Waals surface area contributed by atoms with Crippen molar-refractivity contribution >= 4 is 13.7 Å². The van der Waals surface area contributed by atoms with E-state index < -0.39 is 20.0 Å². The largest absolute Gasteiger partial charge is 0.472 e. The molecule has 258 valence electrons. The van der Waals surface area contributed by atoms with E-state index >= 15 is 0 Å². The number of phosphoric acid groups is 1. The summed E-state index contributed by atoms with van der Waals surface area (Å²) in [6, 6.07) is -0.848. The fourth-order valence-electron chi connectivity index (χ4n) is 4.47. The summed E-state index contributed by atoms with van der Waals surface area (Å²) < 4.78 is 23.3. The Labute approximate surface area is 270 Å². The van der Waals surface area contributed by atoms with Crippen LogP contribution in [-0.2, 0) is 18.4 Å². The van der Waals surface area contributed by atoms with E-state index in [0.29, 0.717) is 17.4 Å². The summed E-state index contributed by atoms with van der Waals surface area (Å²) in [6.07, 6.45) is 30.7. The van der Waals surface area contributed by atoms with E-state index in [2.05, 4.69) is 43.5 Å². The summed E-state index contributed by atoms with van der Waals surface area (Å²) >= 11 is 0. The smallest absolute Gasteiger partial charge is 0.387 e. The molecule has 1 amide bonds. The minimum absolute atomic E-state index is 0.0573. The number of nitrogens with one attached hydrogen (secondary N) is 1. The van der Waals surface area contributed by atoms with Crippen LogP contribution in [0, 0.1) is 0 Å². The number of rotatable bonds is 30. The molecule has 8 nitrogen and oxygen atoms in total. The van der Waals surface area contributed by atoms with Gasteiger partial charge in [-0.25, -0.2) is 4.57 Å². The van der Waals surface area contributed by atoms with Gasteiger partial charge in [-0.05, 0) is 44.9 Å². The van der Waals surface area contributed by atoms with E-state index in [9.17, 15) is 19.4 Å². The van der Waals surface area contributed by atoms with Crippen molar-refractivity contribution in [1.29, 1.82) is 0 Å². The lowest BCUT2D eigenvalue weighted by Crippen LogP contribution is -2.45. The Hall–Kier alpha value is -1.28. The van der Waals surface area contributed by atoms with Crippen molar-refractivity contribution < 1.29 is 32.9 Å². The topological polar surface area (TPSA) is 105 Å². The standard InChI is InChI=1S/C35H67N2O6P/c1-6-8-10-12-14-16-17-18-19-20-21-23-25-27-29-35(39)36-33(32-43-44(40,41)42-31-30-37(3,4)5)34(38)28-26-24-22-15-13-11-9-7-2/h12,14,17-18,26,28,33-34,38H,6-11,13,15-16,19-25,27,29-32H2,1-5H3,(H-,36,39,40,41)/p+1/b14-12-,18-17-,28-26+. The van der Waals surface area contributed by atoms with Gasteiger partial charge in [0.15, 0.2) is 0 Å². The van der Waals surface area contributed by atoms with Gasteiger partial charge in [0.1, 0.15) is 13.2 Å². The Morgan fingerprint density at radius 3 is 1.93 bits per heavy atom. The highest BCUT2D eigenvalue weighted by Crippen LogP contribution is 2.43. The number of hydrogen-bond acceptors (Lipinski definition) is 5. The molecule has 9 heteroatoms. The summed E-state index contributed by atoms with van der Waals surface area (Å²) in [5.41, 5.74) is 0. The molecular formula is C35H68N2O6P+. The third-order valence-corrected chi connectivity index (χ3v) is 8.34. The van der Waals surface area contributed by atoms with Gasteiger partial charge in [-0.1, -0.05) is 115 Å². The number of aliphatic hydroxyl groups excluding tert-OH is 1. The van der Waals surface area contributed by atoms with Gasteiger partial charge in [0.05, 0.1) is 39.9 Å². The van der Waals surface area contributed by atoms with Crippen LogP contribution in [0.25, 0.3) is 0 Å². The molecule has 0 radical (unpaired) electrons. The predicted molar refractivity (Wildman–Crippen MR) is 184 cm³/mol. The summed E-state index contributed by atoms with van der Waals surface area (Å²) in [6.45, 7) is 4.68. The molecule has 0 aliphatic rings. The summed E-state index contributed by atoms with van der Waals surface area (Å²) in [5.74, 6) is -0.198. The molecule has 0 aromatic heterocycles. The van der Waals surface area contributed by atoms with Crippen molar-refractivity contribution in [2.24, 2.45) is 0 Å². The van der Waals surface area contributed by atoms with E-state index in [1.807, 2.05) is 27.2 Å². The first-order chi connectivity index (χ1) is 21.0. The van der Waals surface area contributed by atoms with E-state index in [1.54, 1.807) is 6.08 Å². The highest BCUT2D eigenvalue weighted by molar-refractivity contribution is 7.47. The summed E-state index contributed by atoms with van der Waals surface area (Å²) in [4.78, 5) is 22.8. The molecule has 0 aliphatic carbocycles. The highest BCUT2D eigenvalue weighted by Gasteiger charge is 2.27. The molecule has 0 aliphatic heterocycles. The molecule has 0 rings (SSSR count). The number of carbonyl (C=O) groups is 1. The van der Waals surface area contributed by atoms with Crippen LogP contribution in [0.1, 0.15) is 129 Å². The first kappa shape index (κ1) is 42.7. The fraction of sp³-hybridized carbons (Fsp3) is 0.800. The second kappa shape index (κ2) is 28.0. The molecule has 0 fully saturated rings. The number of nitrogens with zero attached hydrogens (tertiary/aromatic N) is 1. The SMILES string of the molecule is CCCC/C=C\C/C=C\CCCCCCCC(=O)NC(COP(=O)(O)OCC[N+](C)(C)C)C(O)/C=C/CCCCCCCC. The molecule has 0 saturated carbocycles. The Morgan fingerprint density at radius 1 is 0.773 bits per heavy atom. The fourth-order valence-corrected chi connectivity index (χ4v) is 5.20. The first-order valence-electron chi connectivity index (χ1n) is 17.4. The van der Waals surface area contributed by atoms with Crippen LogP contribution in [0.4, 0.5) is 0 Å². The normalized spacial score (nSPS) is 15.3. The number of phosphoric ester groups is 1. The molecule has 3 N–H and O–H groups in total. The van der Waals surface area contributed by atoms with Crippen LogP contribution in [0.15, 0.2) is 36.5 Å². The lowest BCUT2D eigenvalue weighted by molar-refractivity contribution is -0.870. The Bertz CT molecular complexity index is 825. The number of hydrogen-bond donors (Lipinski definition) is 3. The third-order valence-electron chi connectivity index (χ3n) is 7.35. The molecule has 0 bridgehead atoms. The first-order valence-corrected chi connectivity index (χ1v) is 18.9. The summed E-state index contributed by atoms with van der Waals surface area (Å²) in [7, 11) is 1.55. The van der Waals surface area contributed by atoms with Crippen molar-refractivity contribution in [3.63, 3.8) is 0 Å². The molecule has 0 saturated heterocycles. The van der Waals surface area contributed by atoms with Crippen LogP contribution >= 0.6 is 7.82 Å². The van der Waals surface area contributed by atoms with Gasteiger partial charge in [-0.15, -0.1) is 0 Å². The van der Waals surface area contributed by atoms with E-state index in [-0.39, 0.29) is 19.1 Å². The maximum Gasteiger partial charge on any atom is 0.472 e. The molecule has 3 unspecified atom stereocenters. The van der Waals surface area contributed by atoms with Gasteiger partial charge in [-0.3, -0.25) is 13.8 Å². The minimum Gasteiger partial charge on any atom is -0.387 e. The van der Waals surface area contributed by atoms with Crippen molar-refractivity contribution in [2.45, 2.75) is 142 Å². The number of allylic oxidation sites excluding steroid dienone is 5. The molecule has 44 heavy (non-hydrogen) atoms. The second-order valence-corrected chi connectivity index (χ2v) is 14.3. The van der Waals surface area contributed by atoms with Crippen LogP contribution < -0.4 is 5.32 Å². The van der Waals surface area contributed by atoms with Crippen LogP contribution in [0.5, 0.6) is 0 Å². The lowest BCUT2D eigenvalue weighted by Gasteiger charge is -2.25. The van der Waals surface area contributed by atoms with Crippen molar-refractivity contribution in [3.8, 4) is 0 Å². The zero-order valence-corrected chi connectivity index (χ0v) is 29.8. The van der Waals surface area contributed by atoms with Crippen LogP contribution in [-0.4, -0.2) is 73.4 Å². The monoisotopic (exact) mass is 643 g/mol. The molecular weight excluding hydrogens is 575 g/mol. The van der Waals surface area contributed by atoms with Gasteiger partial charge in [0.25, 0.3) is 0 Å². The molecule has 0 aromatic rings. The van der Waals surface area contributed by atoms with Gasteiger partial charge in [0, 0.05) is 6.42 Å². The number of aliphatic hydroxyl groups is 1. The number of carbonyl (C=O) groups excluding carboxylic acids is 1. The Kier molecular flexibility index (Phi) is 27.2. The number of amides is 1. The summed E-state index contributed by atoms with van der Waals surface area (Å²) in [5, 5.41) is 13.6. The van der Waals surface area contributed by atoms with Crippen molar-refractivity contribution in [1.82, 2.24) is 5.32 Å². The molecule has 0 aromatic carbocycles. The zero-order chi connectivity index (χ0) is 32.9. The van der Waals surface area contributed by atoms with E-state index in [1.165, 1.54) is 44.9 Å². The number of quaternary nitrogens is 1. The average Bonchev–Trinajstić information content (AvgIpc) is 2.95. The van der Waals surface area contributed by atoms with Gasteiger partial charge in [-0.2, -0.15) is 0 Å². The maximum absolute atomic E-state index is 12.7. The quantitative estimate of drug-likeness (QED) is 0.0314. The predicted octanol–water partition coefficient (Wildman–Crippen LogP) is 8.40. The number of likely N-dealkylation sites (N-methyl/N-ethyl adjacent to an activating group) is 1. The van der Waals surface area contributed by atoms with E-state index in [4.69, 9.17) is 9.05 Å². The lowest BCUT2D eigenvalue weighted by atomic mass is 10.1. The Balaban J connectivity index is 4.57. The number of unbranched alkanes of at least 4 members (excludes halogenated alkanes) is 13. The second-order valence-electron chi connectivity index (χ2n) is 12.9. The Morgan fingerprint density at radius 2 is 1.32 bits per heavy atom. The highest BCUT2D eigenvalue weighted by atomic mass is 31.2. The van der Waals surface area contributed by atoms with Crippen molar-refractivity contribution in [2.75, 3.05) is 40.9 Å².